The molecule has 226 valence electrons. The number of carbonyl (C=O) groups is 1. The molecule has 8 nitrogen and oxygen atoms in total. The van der Waals surface area contributed by atoms with Crippen LogP contribution < -0.4 is 14.4 Å². The van der Waals surface area contributed by atoms with Gasteiger partial charge in [0.15, 0.2) is 6.10 Å². The van der Waals surface area contributed by atoms with Gasteiger partial charge in [0.25, 0.3) is 0 Å². The number of aromatic nitrogens is 2. The van der Waals surface area contributed by atoms with Crippen LogP contribution in [0.4, 0.5) is 5.69 Å². The maximum absolute atomic E-state index is 12.6. The van der Waals surface area contributed by atoms with E-state index in [1.54, 1.807) is 12.4 Å². The summed E-state index contributed by atoms with van der Waals surface area (Å²) in [5.41, 5.74) is 4.32. The third kappa shape index (κ3) is 8.00. The minimum atomic E-state index is -1.16. The fourth-order valence-corrected chi connectivity index (χ4v) is 5.20. The molecule has 0 amide bonds. The highest BCUT2D eigenvalue weighted by molar-refractivity contribution is 5.85. The molecule has 0 radical (unpaired) electrons. The maximum atomic E-state index is 12.6. The van der Waals surface area contributed by atoms with Gasteiger partial charge in [-0.1, -0.05) is 26.0 Å². The number of benzene rings is 1. The molecule has 1 fully saturated rings. The van der Waals surface area contributed by atoms with Gasteiger partial charge in [-0.15, -0.1) is 0 Å². The average Bonchev–Trinajstić information content (AvgIpc) is 2.93. The smallest absolute Gasteiger partial charge is 0.337 e. The minimum absolute atomic E-state index is 0.232. The molecule has 1 aromatic carbocycles. The molecule has 1 aliphatic rings. The van der Waals surface area contributed by atoms with Crippen molar-refractivity contribution in [3.8, 4) is 22.8 Å². The number of rotatable bonds is 11. The van der Waals surface area contributed by atoms with Crippen LogP contribution in [0.5, 0.6) is 11.5 Å². The van der Waals surface area contributed by atoms with Crippen LogP contribution in [0.2, 0.25) is 0 Å². The lowest BCUT2D eigenvalue weighted by Crippen LogP contribution is -2.39. The fourth-order valence-electron chi connectivity index (χ4n) is 5.20. The second-order valence-electron chi connectivity index (χ2n) is 12.7. The van der Waals surface area contributed by atoms with E-state index in [-0.39, 0.29) is 5.41 Å². The molecule has 8 heteroatoms. The predicted octanol–water partition coefficient (Wildman–Crippen LogP) is 7.04. The van der Waals surface area contributed by atoms with E-state index in [0.29, 0.717) is 35.9 Å². The quantitative estimate of drug-likeness (QED) is 0.260. The number of hydrogen-bond donors (Lipinski definition) is 1. The Bertz CT molecular complexity index is 1340. The van der Waals surface area contributed by atoms with Crippen LogP contribution in [0.1, 0.15) is 77.3 Å². The molecule has 1 aliphatic heterocycles. The maximum Gasteiger partial charge on any atom is 0.337 e. The number of carboxylic acids is 1. The van der Waals surface area contributed by atoms with E-state index in [9.17, 15) is 9.90 Å². The first kappa shape index (κ1) is 31.3. The minimum Gasteiger partial charge on any atom is -0.494 e. The molecular weight excluding hydrogens is 530 g/mol. The SMILES string of the molecule is CCOc1ccc(CCOc2ccc(-c3cnc(C)c([C@H](OC(C)(C)C)C(=O)O)c3N3CCC(C)(C)CC3)nc2)cc1. The predicted molar refractivity (Wildman–Crippen MR) is 165 cm³/mol. The van der Waals surface area contributed by atoms with Crippen LogP contribution in [-0.4, -0.2) is 52.9 Å². The Morgan fingerprint density at radius 3 is 2.24 bits per heavy atom. The van der Waals surface area contributed by atoms with E-state index in [2.05, 4.69) is 35.9 Å². The van der Waals surface area contributed by atoms with Crippen molar-refractivity contribution in [2.24, 2.45) is 5.41 Å². The Labute approximate surface area is 250 Å². The molecule has 0 saturated carbocycles. The number of pyridine rings is 2. The van der Waals surface area contributed by atoms with Crippen molar-refractivity contribution in [3.05, 3.63) is 65.6 Å². The first-order valence-electron chi connectivity index (χ1n) is 14.8. The molecule has 3 heterocycles. The van der Waals surface area contributed by atoms with E-state index >= 15 is 0 Å². The van der Waals surface area contributed by atoms with Crippen molar-refractivity contribution in [2.75, 3.05) is 31.2 Å². The van der Waals surface area contributed by atoms with E-state index in [1.165, 1.54) is 5.56 Å². The monoisotopic (exact) mass is 575 g/mol. The van der Waals surface area contributed by atoms with Gasteiger partial charge in [-0.3, -0.25) is 9.97 Å². The van der Waals surface area contributed by atoms with E-state index in [1.807, 2.05) is 58.9 Å². The summed E-state index contributed by atoms with van der Waals surface area (Å²) < 4.78 is 17.6. The number of ether oxygens (including phenoxy) is 3. The van der Waals surface area contributed by atoms with Crippen molar-refractivity contribution in [1.82, 2.24) is 9.97 Å². The number of aryl methyl sites for hydroxylation is 1. The third-order valence-corrected chi connectivity index (χ3v) is 7.58. The summed E-state index contributed by atoms with van der Waals surface area (Å²) in [5, 5.41) is 10.3. The standard InChI is InChI=1S/C34H45N3O5/c1-8-40-25-11-9-24(10-12-25)15-20-41-26-13-14-28(36-21-26)27-22-35-23(2)29(31(32(38)39)42-33(3,4)5)30(27)37-18-16-34(6,7)17-19-37/h9-14,21-22,31H,8,15-20H2,1-7H3,(H,38,39)/t31-/m0/s1. The van der Waals surface area contributed by atoms with Gasteiger partial charge in [-0.05, 0) is 82.7 Å². The molecule has 1 N–H and O–H groups in total. The molecule has 42 heavy (non-hydrogen) atoms. The summed E-state index contributed by atoms with van der Waals surface area (Å²) in [6, 6.07) is 11.9. The van der Waals surface area contributed by atoms with Crippen LogP contribution in [0.15, 0.2) is 48.8 Å². The average molecular weight is 576 g/mol. The van der Waals surface area contributed by atoms with Gasteiger partial charge in [-0.25, -0.2) is 4.79 Å². The van der Waals surface area contributed by atoms with Gasteiger partial charge in [0, 0.05) is 42.5 Å². The van der Waals surface area contributed by atoms with Gasteiger partial charge in [-0.2, -0.15) is 0 Å². The lowest BCUT2D eigenvalue weighted by molar-refractivity contribution is -0.160. The van der Waals surface area contributed by atoms with Crippen LogP contribution in [0.3, 0.4) is 0 Å². The summed E-state index contributed by atoms with van der Waals surface area (Å²) in [7, 11) is 0. The molecule has 0 spiro atoms. The summed E-state index contributed by atoms with van der Waals surface area (Å²) >= 11 is 0. The van der Waals surface area contributed by atoms with Gasteiger partial charge in [0.2, 0.25) is 0 Å². The Hall–Kier alpha value is -3.65. The van der Waals surface area contributed by atoms with Crippen molar-refractivity contribution < 1.29 is 24.1 Å². The highest BCUT2D eigenvalue weighted by atomic mass is 16.5. The van der Waals surface area contributed by atoms with Gasteiger partial charge in [0.05, 0.1) is 36.4 Å². The van der Waals surface area contributed by atoms with Gasteiger partial charge >= 0.3 is 5.97 Å². The van der Waals surface area contributed by atoms with E-state index < -0.39 is 17.7 Å². The fraction of sp³-hybridized carbons (Fsp3) is 0.500. The Morgan fingerprint density at radius 1 is 1.00 bits per heavy atom. The summed E-state index contributed by atoms with van der Waals surface area (Å²) in [4.78, 5) is 24.3. The summed E-state index contributed by atoms with van der Waals surface area (Å²) in [6.45, 7) is 16.8. The number of hydrogen-bond acceptors (Lipinski definition) is 7. The molecule has 1 atom stereocenters. The van der Waals surface area contributed by atoms with Crippen LogP contribution in [-0.2, 0) is 16.0 Å². The van der Waals surface area contributed by atoms with Gasteiger partial charge < -0.3 is 24.2 Å². The molecule has 3 aromatic rings. The molecular formula is C34H45N3O5. The highest BCUT2D eigenvalue weighted by Crippen LogP contribution is 2.43. The zero-order chi connectivity index (χ0) is 30.5. The van der Waals surface area contributed by atoms with Crippen LogP contribution >= 0.6 is 0 Å². The molecule has 0 aliphatic carbocycles. The first-order valence-corrected chi connectivity index (χ1v) is 14.8. The molecule has 4 rings (SSSR count). The normalized spacial score (nSPS) is 15.7. The van der Waals surface area contributed by atoms with Crippen LogP contribution in [0.25, 0.3) is 11.3 Å². The second-order valence-corrected chi connectivity index (χ2v) is 12.7. The Kier molecular flexibility index (Phi) is 9.77. The largest absolute Gasteiger partial charge is 0.494 e. The van der Waals surface area contributed by atoms with Crippen molar-refractivity contribution in [3.63, 3.8) is 0 Å². The number of aliphatic carboxylic acids is 1. The molecule has 0 bridgehead atoms. The lowest BCUT2D eigenvalue weighted by atomic mass is 9.82. The Morgan fingerprint density at radius 2 is 1.67 bits per heavy atom. The number of carboxylic acid groups (broad SMARTS) is 1. The Balaban J connectivity index is 1.62. The first-order chi connectivity index (χ1) is 19.9. The van der Waals surface area contributed by atoms with E-state index in [4.69, 9.17) is 19.2 Å². The second kappa shape index (κ2) is 13.1. The van der Waals surface area contributed by atoms with Gasteiger partial charge in [0.1, 0.15) is 11.5 Å². The summed E-state index contributed by atoms with van der Waals surface area (Å²) in [5.74, 6) is 0.503. The highest BCUT2D eigenvalue weighted by Gasteiger charge is 2.36. The summed E-state index contributed by atoms with van der Waals surface area (Å²) in [6.07, 6.45) is 5.13. The van der Waals surface area contributed by atoms with Crippen molar-refractivity contribution in [2.45, 2.75) is 79.4 Å². The molecule has 1 saturated heterocycles. The van der Waals surface area contributed by atoms with Crippen LogP contribution in [0, 0.1) is 12.3 Å². The zero-order valence-corrected chi connectivity index (χ0v) is 26.1. The number of piperidine rings is 1. The third-order valence-electron chi connectivity index (χ3n) is 7.58. The molecule has 2 aromatic heterocycles. The zero-order valence-electron chi connectivity index (χ0n) is 26.1. The van der Waals surface area contributed by atoms with E-state index in [0.717, 1.165) is 49.4 Å². The van der Waals surface area contributed by atoms with Crippen molar-refractivity contribution >= 4 is 11.7 Å². The topological polar surface area (TPSA) is 94.0 Å². The molecule has 0 unspecified atom stereocenters. The lowest BCUT2D eigenvalue weighted by Gasteiger charge is -2.40. The van der Waals surface area contributed by atoms with Crippen molar-refractivity contribution in [1.29, 1.82) is 0 Å². The number of anilines is 1. The number of nitrogens with zero attached hydrogens (tertiary/aromatic N) is 3.